The lowest BCUT2D eigenvalue weighted by atomic mass is 10.00. The Labute approximate surface area is 136 Å². The quantitative estimate of drug-likeness (QED) is 0.819. The highest BCUT2D eigenvalue weighted by Crippen LogP contribution is 2.48. The average Bonchev–Trinajstić information content (AvgIpc) is 3.44. The zero-order valence-electron chi connectivity index (χ0n) is 12.2. The van der Waals surface area contributed by atoms with Crippen LogP contribution in [0.4, 0.5) is 0 Å². The minimum Gasteiger partial charge on any atom is -0.388 e. The van der Waals surface area contributed by atoms with Gasteiger partial charge in [0.05, 0.1) is 6.10 Å². The van der Waals surface area contributed by atoms with E-state index in [9.17, 15) is 14.7 Å². The smallest absolute Gasteiger partial charge is 0.388 e. The Balaban J connectivity index is 1.51. The van der Waals surface area contributed by atoms with Crippen molar-refractivity contribution in [1.82, 2.24) is 10.1 Å². The van der Waals surface area contributed by atoms with Crippen LogP contribution in [0.5, 0.6) is 0 Å². The van der Waals surface area contributed by atoms with Crippen molar-refractivity contribution in [2.45, 2.75) is 31.3 Å². The number of hydrogen-bond donors (Lipinski definition) is 2. The second-order valence-electron chi connectivity index (χ2n) is 6.31. The molecule has 2 aromatic rings. The Hall–Kier alpha value is -1.92. The predicted octanol–water partition coefficient (Wildman–Crippen LogP) is 2.45. The largest absolute Gasteiger partial charge is 0.438 e. The van der Waals surface area contributed by atoms with Crippen molar-refractivity contribution in [1.29, 1.82) is 0 Å². The minimum atomic E-state index is -0.612. The van der Waals surface area contributed by atoms with Gasteiger partial charge in [0.25, 0.3) is 0 Å². The van der Waals surface area contributed by atoms with E-state index in [4.69, 9.17) is 11.6 Å². The molecule has 2 N–H and O–H groups in total. The third-order valence-electron chi connectivity index (χ3n) is 4.61. The van der Waals surface area contributed by atoms with Crippen molar-refractivity contribution < 1.29 is 14.4 Å². The van der Waals surface area contributed by atoms with E-state index in [1.54, 1.807) is 18.2 Å². The highest BCUT2D eigenvalue weighted by molar-refractivity contribution is 6.31. The number of aliphatic hydroxyl groups excluding tert-OH is 1. The van der Waals surface area contributed by atoms with Crippen LogP contribution in [0, 0.1) is 11.8 Å². The lowest BCUT2D eigenvalue weighted by Crippen LogP contribution is -2.06. The van der Waals surface area contributed by atoms with Crippen LogP contribution in [0.1, 0.15) is 53.0 Å². The first-order chi connectivity index (χ1) is 11.0. The number of rotatable bonds is 5. The second kappa shape index (κ2) is 5.32. The minimum absolute atomic E-state index is 0.0341. The van der Waals surface area contributed by atoms with Gasteiger partial charge in [-0.05, 0) is 36.8 Å². The molecule has 6 nitrogen and oxygen atoms in total. The van der Waals surface area contributed by atoms with E-state index in [-0.39, 0.29) is 23.5 Å². The average molecular weight is 335 g/mol. The SMILES string of the molecule is O=C(c1ccc(C(O)C2CC2)c(Cl)c1)[C@H]1C[C@@H]1c1noc(=O)[nH]1. The van der Waals surface area contributed by atoms with E-state index < -0.39 is 11.9 Å². The van der Waals surface area contributed by atoms with Gasteiger partial charge in [0.15, 0.2) is 11.6 Å². The zero-order valence-corrected chi connectivity index (χ0v) is 12.9. The summed E-state index contributed by atoms with van der Waals surface area (Å²) in [6.45, 7) is 0. The number of aliphatic hydroxyl groups is 1. The normalized spacial score (nSPS) is 24.4. The summed E-state index contributed by atoms with van der Waals surface area (Å²) < 4.78 is 4.47. The van der Waals surface area contributed by atoms with Gasteiger partial charge < -0.3 is 5.11 Å². The number of hydrogen-bond acceptors (Lipinski definition) is 5. The predicted molar refractivity (Wildman–Crippen MR) is 81.4 cm³/mol. The van der Waals surface area contributed by atoms with Gasteiger partial charge in [-0.15, -0.1) is 0 Å². The number of aromatic nitrogens is 2. The van der Waals surface area contributed by atoms with Crippen molar-refractivity contribution in [3.63, 3.8) is 0 Å². The summed E-state index contributed by atoms with van der Waals surface area (Å²) in [7, 11) is 0. The van der Waals surface area contributed by atoms with Crippen molar-refractivity contribution in [2.24, 2.45) is 11.8 Å². The molecule has 120 valence electrons. The van der Waals surface area contributed by atoms with E-state index in [2.05, 4.69) is 14.7 Å². The maximum Gasteiger partial charge on any atom is 0.438 e. The molecule has 23 heavy (non-hydrogen) atoms. The van der Waals surface area contributed by atoms with Gasteiger partial charge in [0, 0.05) is 22.4 Å². The number of carbonyl (C=O) groups is 1. The third kappa shape index (κ3) is 2.72. The highest BCUT2D eigenvalue weighted by atomic mass is 35.5. The monoisotopic (exact) mass is 334 g/mol. The Morgan fingerprint density at radius 2 is 2.22 bits per heavy atom. The number of Topliss-reactive ketones (excluding diaryl/α,β-unsaturated/α-hetero) is 1. The Morgan fingerprint density at radius 1 is 1.43 bits per heavy atom. The molecule has 0 aliphatic heterocycles. The first-order valence-corrected chi connectivity index (χ1v) is 8.00. The molecule has 0 saturated heterocycles. The molecular weight excluding hydrogens is 320 g/mol. The molecule has 2 aliphatic carbocycles. The number of carbonyl (C=O) groups excluding carboxylic acids is 1. The summed E-state index contributed by atoms with van der Waals surface area (Å²) in [5, 5.41) is 14.2. The molecule has 0 radical (unpaired) electrons. The molecule has 7 heteroatoms. The van der Waals surface area contributed by atoms with Gasteiger partial charge in [0.1, 0.15) is 0 Å². The maximum absolute atomic E-state index is 12.5. The van der Waals surface area contributed by atoms with Gasteiger partial charge in [-0.3, -0.25) is 14.3 Å². The Kier molecular flexibility index (Phi) is 3.39. The second-order valence-corrected chi connectivity index (χ2v) is 6.72. The van der Waals surface area contributed by atoms with Crippen LogP contribution >= 0.6 is 11.6 Å². The Bertz CT molecular complexity index is 823. The fourth-order valence-electron chi connectivity index (χ4n) is 2.99. The van der Waals surface area contributed by atoms with E-state index in [0.29, 0.717) is 28.4 Å². The molecule has 1 heterocycles. The van der Waals surface area contributed by atoms with Gasteiger partial charge in [-0.25, -0.2) is 4.79 Å². The summed E-state index contributed by atoms with van der Waals surface area (Å²) in [6.07, 6.45) is 2.10. The molecule has 0 bridgehead atoms. The van der Waals surface area contributed by atoms with Crippen LogP contribution < -0.4 is 5.76 Å². The summed E-state index contributed by atoms with van der Waals surface area (Å²) >= 11 is 6.23. The standard InChI is InChI=1S/C16H15ClN2O4/c17-12-5-8(3-4-9(12)13(20)7-1-2-7)14(21)10-6-11(10)15-18-16(22)23-19-15/h3-5,7,10-11,13,20H,1-2,6H2,(H,18,19,22)/t10-,11-,13?/m0/s1. The first kappa shape index (κ1) is 14.7. The van der Waals surface area contributed by atoms with Crippen molar-refractivity contribution >= 4 is 17.4 Å². The van der Waals surface area contributed by atoms with Crippen LogP contribution in [0.2, 0.25) is 5.02 Å². The van der Waals surface area contributed by atoms with Crippen LogP contribution in [0.25, 0.3) is 0 Å². The van der Waals surface area contributed by atoms with Crippen LogP contribution in [0.3, 0.4) is 0 Å². The number of nitrogens with zero attached hydrogens (tertiary/aromatic N) is 1. The van der Waals surface area contributed by atoms with Gasteiger partial charge in [0.2, 0.25) is 0 Å². The number of H-pyrrole nitrogens is 1. The van der Waals surface area contributed by atoms with Gasteiger partial charge >= 0.3 is 5.76 Å². The van der Waals surface area contributed by atoms with E-state index in [1.807, 2.05) is 0 Å². The van der Waals surface area contributed by atoms with E-state index in [0.717, 1.165) is 12.8 Å². The van der Waals surface area contributed by atoms with Crippen LogP contribution in [-0.4, -0.2) is 21.0 Å². The van der Waals surface area contributed by atoms with Crippen molar-refractivity contribution in [2.75, 3.05) is 0 Å². The molecule has 1 aromatic heterocycles. The molecule has 1 unspecified atom stereocenters. The summed E-state index contributed by atoms with van der Waals surface area (Å²) in [5.41, 5.74) is 1.19. The number of benzene rings is 1. The third-order valence-corrected chi connectivity index (χ3v) is 4.93. The van der Waals surface area contributed by atoms with E-state index in [1.165, 1.54) is 0 Å². The van der Waals surface area contributed by atoms with Gasteiger partial charge in [-0.2, -0.15) is 0 Å². The lowest BCUT2D eigenvalue weighted by molar-refractivity contribution is 0.0964. The molecule has 3 atom stereocenters. The molecule has 1 aromatic carbocycles. The summed E-state index contributed by atoms with van der Waals surface area (Å²) in [4.78, 5) is 26.0. The van der Waals surface area contributed by atoms with Crippen molar-refractivity contribution in [3.8, 4) is 0 Å². The number of ketones is 1. The van der Waals surface area contributed by atoms with Crippen LogP contribution in [0.15, 0.2) is 27.5 Å². The van der Waals surface area contributed by atoms with Crippen molar-refractivity contribution in [3.05, 3.63) is 50.7 Å². The molecule has 2 saturated carbocycles. The molecular formula is C16H15ClN2O4. The number of halogens is 1. The van der Waals surface area contributed by atoms with Gasteiger partial charge in [-0.1, -0.05) is 28.9 Å². The fourth-order valence-corrected chi connectivity index (χ4v) is 3.28. The zero-order chi connectivity index (χ0) is 16.1. The molecule has 4 rings (SSSR count). The van der Waals surface area contributed by atoms with Crippen LogP contribution in [-0.2, 0) is 0 Å². The number of nitrogens with one attached hydrogen (secondary N) is 1. The fraction of sp³-hybridized carbons (Fsp3) is 0.438. The molecule has 0 spiro atoms. The summed E-state index contributed by atoms with van der Waals surface area (Å²) in [5.74, 6) is -0.269. The number of aromatic amines is 1. The maximum atomic E-state index is 12.5. The Morgan fingerprint density at radius 3 is 2.83 bits per heavy atom. The molecule has 2 aliphatic rings. The summed E-state index contributed by atoms with van der Waals surface area (Å²) in [6, 6.07) is 5.05. The highest BCUT2D eigenvalue weighted by Gasteiger charge is 2.46. The molecule has 2 fully saturated rings. The lowest BCUT2D eigenvalue weighted by Gasteiger charge is -2.12. The first-order valence-electron chi connectivity index (χ1n) is 7.62. The topological polar surface area (TPSA) is 96.2 Å². The molecule has 0 amide bonds. The van der Waals surface area contributed by atoms with E-state index >= 15 is 0 Å².